The summed E-state index contributed by atoms with van der Waals surface area (Å²) in [4.78, 5) is 20.5. The third kappa shape index (κ3) is 4.90. The van der Waals surface area contributed by atoms with Crippen molar-refractivity contribution in [2.45, 2.75) is 31.2 Å². The second-order valence-electron chi connectivity index (χ2n) is 11.1. The third-order valence-corrected chi connectivity index (χ3v) is 8.23. The molecular weight excluding hydrogens is 526 g/mol. The lowest BCUT2D eigenvalue weighted by molar-refractivity contribution is -0.131. The monoisotopic (exact) mass is 556 g/mol. The number of aromatic nitrogens is 5. The Balaban J connectivity index is 1.16. The highest BCUT2D eigenvalue weighted by Crippen LogP contribution is 2.37. The maximum absolute atomic E-state index is 13.6. The molecule has 0 spiro atoms. The van der Waals surface area contributed by atoms with Gasteiger partial charge in [0.15, 0.2) is 5.82 Å². The number of alkyl halides is 2. The van der Waals surface area contributed by atoms with Crippen molar-refractivity contribution in [3.63, 3.8) is 0 Å². The smallest absolute Gasteiger partial charge is 0.261 e. The number of amides is 1. The quantitative estimate of drug-likeness (QED) is 0.339. The molecule has 41 heavy (non-hydrogen) atoms. The van der Waals surface area contributed by atoms with Gasteiger partial charge in [0.25, 0.3) is 5.92 Å². The van der Waals surface area contributed by atoms with E-state index in [2.05, 4.69) is 46.5 Å². The Bertz CT molecular complexity index is 1750. The van der Waals surface area contributed by atoms with Crippen LogP contribution in [0.5, 0.6) is 0 Å². The summed E-state index contributed by atoms with van der Waals surface area (Å²) in [7, 11) is 0. The molecule has 2 fully saturated rings. The molecule has 2 aliphatic heterocycles. The minimum absolute atomic E-state index is 0.0223. The molecule has 5 heterocycles. The molecule has 0 aliphatic carbocycles. The fourth-order valence-corrected chi connectivity index (χ4v) is 6.15. The first-order chi connectivity index (χ1) is 19.8. The van der Waals surface area contributed by atoms with E-state index in [0.717, 1.165) is 39.7 Å². The summed E-state index contributed by atoms with van der Waals surface area (Å²) in [6, 6.07) is 18.5. The van der Waals surface area contributed by atoms with Gasteiger partial charge in [-0.1, -0.05) is 42.5 Å². The van der Waals surface area contributed by atoms with Crippen LogP contribution in [0.15, 0.2) is 67.1 Å². The molecule has 210 valence electrons. The normalized spacial score (nSPS) is 19.1. The van der Waals surface area contributed by atoms with Crippen molar-refractivity contribution in [1.82, 2.24) is 34.2 Å². The predicted molar refractivity (Wildman–Crippen MR) is 152 cm³/mol. The van der Waals surface area contributed by atoms with Gasteiger partial charge in [-0.2, -0.15) is 10.2 Å². The zero-order valence-corrected chi connectivity index (χ0v) is 22.5. The van der Waals surface area contributed by atoms with Crippen LogP contribution in [0.2, 0.25) is 0 Å². The maximum Gasteiger partial charge on any atom is 0.261 e. The van der Waals surface area contributed by atoms with E-state index in [4.69, 9.17) is 10.8 Å². The molecule has 5 aromatic rings. The largest absolute Gasteiger partial charge is 0.382 e. The second kappa shape index (κ2) is 9.91. The molecule has 3 aromatic heterocycles. The lowest BCUT2D eigenvalue weighted by atomic mass is 10.0. The summed E-state index contributed by atoms with van der Waals surface area (Å²) in [5.74, 6) is -2.42. The van der Waals surface area contributed by atoms with Crippen LogP contribution in [0.1, 0.15) is 30.0 Å². The van der Waals surface area contributed by atoms with Gasteiger partial charge < -0.3 is 10.6 Å². The van der Waals surface area contributed by atoms with E-state index in [1.165, 1.54) is 11.9 Å². The van der Waals surface area contributed by atoms with Gasteiger partial charge in [0.2, 0.25) is 5.91 Å². The van der Waals surface area contributed by atoms with E-state index in [9.17, 15) is 13.6 Å². The third-order valence-electron chi connectivity index (χ3n) is 8.23. The minimum atomic E-state index is -2.71. The molecule has 7 rings (SSSR count). The lowest BCUT2D eigenvalue weighted by Gasteiger charge is -2.21. The number of hydrogen-bond acceptors (Lipinski definition) is 6. The Morgan fingerprint density at radius 1 is 1.10 bits per heavy atom. The summed E-state index contributed by atoms with van der Waals surface area (Å²) in [6.45, 7) is 1.67. The Labute approximate surface area is 235 Å². The number of carbonyl (C=O) groups is 1. The van der Waals surface area contributed by atoms with Gasteiger partial charge in [-0.05, 0) is 29.7 Å². The molecule has 0 radical (unpaired) electrons. The average Bonchev–Trinajstić information content (AvgIpc) is 3.73. The molecule has 2 saturated heterocycles. The van der Waals surface area contributed by atoms with E-state index in [1.54, 1.807) is 9.80 Å². The van der Waals surface area contributed by atoms with E-state index in [1.807, 2.05) is 33.6 Å². The number of fused-ring (bicyclic) bond motifs is 2. The number of anilines is 1. The molecular formula is C30H30F2N8O. The van der Waals surface area contributed by atoms with Gasteiger partial charge in [-0.15, -0.1) is 0 Å². The highest BCUT2D eigenvalue weighted by atomic mass is 19.3. The number of rotatable bonds is 6. The highest BCUT2D eigenvalue weighted by molar-refractivity contribution is 5.92. The number of nitrogen functional groups attached to an aromatic ring is 1. The van der Waals surface area contributed by atoms with Crippen LogP contribution >= 0.6 is 0 Å². The van der Waals surface area contributed by atoms with Crippen molar-refractivity contribution >= 4 is 28.1 Å². The molecule has 11 heteroatoms. The van der Waals surface area contributed by atoms with Crippen LogP contribution < -0.4 is 5.73 Å². The molecule has 0 bridgehead atoms. The first-order valence-electron chi connectivity index (χ1n) is 13.8. The Hall–Kier alpha value is -4.38. The first kappa shape index (κ1) is 25.6. The maximum atomic E-state index is 13.6. The van der Waals surface area contributed by atoms with Gasteiger partial charge in [0.05, 0.1) is 25.2 Å². The number of hydrogen-bond donors (Lipinski definition) is 1. The molecule has 1 atom stereocenters. The van der Waals surface area contributed by atoms with E-state index >= 15 is 0 Å². The van der Waals surface area contributed by atoms with Crippen molar-refractivity contribution in [2.75, 3.05) is 38.5 Å². The Morgan fingerprint density at radius 3 is 2.76 bits per heavy atom. The van der Waals surface area contributed by atoms with Crippen LogP contribution in [0.3, 0.4) is 0 Å². The summed E-state index contributed by atoms with van der Waals surface area (Å²) < 4.78 is 31.0. The van der Waals surface area contributed by atoms with Gasteiger partial charge in [0, 0.05) is 54.8 Å². The zero-order chi connectivity index (χ0) is 28.1. The molecule has 2 N–H and O–H groups in total. The number of nitrogens with two attached hydrogens (primary N) is 1. The van der Waals surface area contributed by atoms with Crippen molar-refractivity contribution in [2.24, 2.45) is 0 Å². The molecule has 2 aliphatic rings. The number of carbonyl (C=O) groups excluding carboxylic acids is 1. The fourth-order valence-electron chi connectivity index (χ4n) is 6.15. The van der Waals surface area contributed by atoms with Crippen LogP contribution in [0.4, 0.5) is 14.6 Å². The molecule has 2 aromatic carbocycles. The van der Waals surface area contributed by atoms with E-state index < -0.39 is 5.92 Å². The lowest BCUT2D eigenvalue weighted by Crippen LogP contribution is -2.39. The molecule has 9 nitrogen and oxygen atoms in total. The number of likely N-dealkylation sites (tertiary alicyclic amines) is 2. The van der Waals surface area contributed by atoms with Crippen molar-refractivity contribution in [3.05, 3.63) is 78.4 Å². The standard InChI is InChI=1S/C30H30F2N8O/c31-30(32)9-11-37(18-30)17-27(41)38-10-8-23(15-38)26-13-24(28-29(33)34-19-35-40(26)28)21-6-7-22-16-39(36-25(22)12-21)14-20-4-2-1-3-5-20/h1-7,12-13,16,19,23H,8-11,14-15,17-18H2,(H2,33,34,35). The van der Waals surface area contributed by atoms with Crippen molar-refractivity contribution < 1.29 is 13.6 Å². The Morgan fingerprint density at radius 2 is 1.95 bits per heavy atom. The molecule has 1 amide bonds. The van der Waals surface area contributed by atoms with Crippen LogP contribution in [0.25, 0.3) is 27.5 Å². The average molecular weight is 557 g/mol. The zero-order valence-electron chi connectivity index (χ0n) is 22.5. The van der Waals surface area contributed by atoms with Crippen molar-refractivity contribution in [3.8, 4) is 11.1 Å². The van der Waals surface area contributed by atoms with Gasteiger partial charge in [0.1, 0.15) is 11.8 Å². The van der Waals surface area contributed by atoms with Crippen LogP contribution in [0, 0.1) is 0 Å². The predicted octanol–water partition coefficient (Wildman–Crippen LogP) is 4.03. The number of nitrogens with zero attached hydrogens (tertiary/aromatic N) is 7. The van der Waals surface area contributed by atoms with Gasteiger partial charge >= 0.3 is 0 Å². The summed E-state index contributed by atoms with van der Waals surface area (Å²) >= 11 is 0. The second-order valence-corrected chi connectivity index (χ2v) is 11.1. The van der Waals surface area contributed by atoms with Crippen LogP contribution in [-0.2, 0) is 11.3 Å². The van der Waals surface area contributed by atoms with Gasteiger partial charge in [-0.3, -0.25) is 14.4 Å². The highest BCUT2D eigenvalue weighted by Gasteiger charge is 2.40. The van der Waals surface area contributed by atoms with Crippen LogP contribution in [-0.4, -0.2) is 78.7 Å². The fraction of sp³-hybridized carbons (Fsp3) is 0.333. The summed E-state index contributed by atoms with van der Waals surface area (Å²) in [5.41, 5.74) is 11.9. The SMILES string of the molecule is Nc1ncnn2c(C3CCN(C(=O)CN4CCC(F)(F)C4)C3)cc(-c3ccc4cn(Cc5ccccc5)nc4c3)c12. The minimum Gasteiger partial charge on any atom is -0.382 e. The summed E-state index contributed by atoms with van der Waals surface area (Å²) in [6.07, 6.45) is 4.04. The first-order valence-corrected chi connectivity index (χ1v) is 13.8. The Kier molecular flexibility index (Phi) is 6.19. The summed E-state index contributed by atoms with van der Waals surface area (Å²) in [5, 5.41) is 10.4. The number of halogens is 2. The van der Waals surface area contributed by atoms with E-state index in [0.29, 0.717) is 25.5 Å². The van der Waals surface area contributed by atoms with Crippen molar-refractivity contribution in [1.29, 1.82) is 0 Å². The molecule has 1 unspecified atom stereocenters. The van der Waals surface area contributed by atoms with E-state index in [-0.39, 0.29) is 37.9 Å². The number of benzene rings is 2. The molecule has 0 saturated carbocycles. The topological polar surface area (TPSA) is 97.6 Å². The van der Waals surface area contributed by atoms with Gasteiger partial charge in [-0.25, -0.2) is 18.3 Å².